The zero-order chi connectivity index (χ0) is 18.4. The van der Waals surface area contributed by atoms with Crippen LogP contribution in [0.15, 0.2) is 35.9 Å². The van der Waals surface area contributed by atoms with Crippen LogP contribution in [0.1, 0.15) is 17.0 Å². The van der Waals surface area contributed by atoms with E-state index in [1.165, 1.54) is 0 Å². The van der Waals surface area contributed by atoms with Crippen molar-refractivity contribution in [3.8, 4) is 11.8 Å². The Kier molecular flexibility index (Phi) is 6.40. The minimum absolute atomic E-state index is 0.0578. The standard InChI is InChI=1S/C19H20ClN3O2/c1-13-9-15(10-16(12-21)19(24)22-7-8-25-3)14(2)23(13)18-6-4-5-17(20)11-18/h4-6,9-11H,7-8H2,1-3H3,(H,22,24)/b16-10+. The third kappa shape index (κ3) is 4.50. The van der Waals surface area contributed by atoms with Gasteiger partial charge in [-0.3, -0.25) is 4.79 Å². The number of nitriles is 1. The quantitative estimate of drug-likeness (QED) is 0.489. The van der Waals surface area contributed by atoms with Gasteiger partial charge >= 0.3 is 0 Å². The molecular weight excluding hydrogens is 338 g/mol. The van der Waals surface area contributed by atoms with Gasteiger partial charge in [0.1, 0.15) is 11.6 Å². The maximum Gasteiger partial charge on any atom is 0.262 e. The minimum atomic E-state index is -0.410. The third-order valence-electron chi connectivity index (χ3n) is 3.79. The molecule has 0 fully saturated rings. The molecule has 130 valence electrons. The van der Waals surface area contributed by atoms with Crippen LogP contribution in [0.2, 0.25) is 5.02 Å². The molecule has 0 unspecified atom stereocenters. The molecule has 0 radical (unpaired) electrons. The van der Waals surface area contributed by atoms with Gasteiger partial charge in [0.05, 0.1) is 6.61 Å². The van der Waals surface area contributed by atoms with Crippen molar-refractivity contribution in [2.45, 2.75) is 13.8 Å². The predicted molar refractivity (Wildman–Crippen MR) is 98.7 cm³/mol. The number of amides is 1. The summed E-state index contributed by atoms with van der Waals surface area (Å²) in [5.41, 5.74) is 3.73. The maximum absolute atomic E-state index is 12.1. The minimum Gasteiger partial charge on any atom is -0.383 e. The van der Waals surface area contributed by atoms with Gasteiger partial charge in [-0.15, -0.1) is 0 Å². The van der Waals surface area contributed by atoms with E-state index in [4.69, 9.17) is 16.3 Å². The second-order valence-corrected chi connectivity index (χ2v) is 6.00. The molecular formula is C19H20ClN3O2. The summed E-state index contributed by atoms with van der Waals surface area (Å²) in [6.07, 6.45) is 1.60. The maximum atomic E-state index is 12.1. The normalized spacial score (nSPS) is 11.2. The van der Waals surface area contributed by atoms with E-state index in [0.29, 0.717) is 18.2 Å². The van der Waals surface area contributed by atoms with Gasteiger partial charge in [-0.25, -0.2) is 0 Å². The highest BCUT2D eigenvalue weighted by molar-refractivity contribution is 6.30. The SMILES string of the molecule is COCCNC(=O)/C(C#N)=C/c1cc(C)n(-c2cccc(Cl)c2)c1C. The summed E-state index contributed by atoms with van der Waals surface area (Å²) in [6.45, 7) is 4.66. The number of carbonyl (C=O) groups is 1. The lowest BCUT2D eigenvalue weighted by atomic mass is 10.1. The lowest BCUT2D eigenvalue weighted by Gasteiger charge is -2.10. The largest absolute Gasteiger partial charge is 0.383 e. The number of hydrogen-bond donors (Lipinski definition) is 1. The molecule has 1 N–H and O–H groups in total. The number of aryl methyl sites for hydroxylation is 1. The summed E-state index contributed by atoms with van der Waals surface area (Å²) >= 11 is 6.08. The first kappa shape index (κ1) is 18.8. The van der Waals surface area contributed by atoms with E-state index in [2.05, 4.69) is 5.32 Å². The van der Waals surface area contributed by atoms with E-state index in [-0.39, 0.29) is 5.57 Å². The predicted octanol–water partition coefficient (Wildman–Crippen LogP) is 3.42. The summed E-state index contributed by atoms with van der Waals surface area (Å²) < 4.78 is 6.93. The van der Waals surface area contributed by atoms with Crippen LogP contribution in [0.4, 0.5) is 0 Å². The zero-order valence-electron chi connectivity index (χ0n) is 14.5. The first-order chi connectivity index (χ1) is 12.0. The molecule has 6 heteroatoms. The summed E-state index contributed by atoms with van der Waals surface area (Å²) in [5.74, 6) is -0.410. The average Bonchev–Trinajstić information content (AvgIpc) is 2.86. The molecule has 2 rings (SSSR count). The molecule has 0 bridgehead atoms. The molecule has 0 atom stereocenters. The van der Waals surface area contributed by atoms with Crippen molar-refractivity contribution in [1.82, 2.24) is 9.88 Å². The molecule has 0 spiro atoms. The number of ether oxygens (including phenoxy) is 1. The van der Waals surface area contributed by atoms with Crippen LogP contribution < -0.4 is 5.32 Å². The smallest absolute Gasteiger partial charge is 0.262 e. The van der Waals surface area contributed by atoms with E-state index in [1.807, 2.05) is 54.8 Å². The van der Waals surface area contributed by atoms with Gasteiger partial charge in [0.2, 0.25) is 0 Å². The third-order valence-corrected chi connectivity index (χ3v) is 4.03. The first-order valence-electron chi connectivity index (χ1n) is 7.81. The van der Waals surface area contributed by atoms with Gasteiger partial charge in [-0.2, -0.15) is 5.26 Å². The van der Waals surface area contributed by atoms with Gasteiger partial charge < -0.3 is 14.6 Å². The number of nitrogens with one attached hydrogen (secondary N) is 1. The van der Waals surface area contributed by atoms with Crippen LogP contribution in [0.3, 0.4) is 0 Å². The molecule has 5 nitrogen and oxygen atoms in total. The van der Waals surface area contributed by atoms with E-state index in [9.17, 15) is 10.1 Å². The number of nitrogens with zero attached hydrogens (tertiary/aromatic N) is 2. The molecule has 2 aromatic rings. The summed E-state index contributed by atoms with van der Waals surface area (Å²) in [7, 11) is 1.55. The molecule has 1 amide bonds. The average molecular weight is 358 g/mol. The number of rotatable bonds is 6. The topological polar surface area (TPSA) is 67.0 Å². The number of carbonyl (C=O) groups excluding carboxylic acids is 1. The molecule has 1 heterocycles. The fraction of sp³-hybridized carbons (Fsp3) is 0.263. The number of benzene rings is 1. The number of methoxy groups -OCH3 is 1. The van der Waals surface area contributed by atoms with Crippen molar-refractivity contribution in [3.63, 3.8) is 0 Å². The molecule has 0 aliphatic heterocycles. The van der Waals surface area contributed by atoms with Gasteiger partial charge in [0.25, 0.3) is 5.91 Å². The lowest BCUT2D eigenvalue weighted by molar-refractivity contribution is -0.117. The molecule has 1 aromatic carbocycles. The van der Waals surface area contributed by atoms with E-state index in [1.54, 1.807) is 13.2 Å². The van der Waals surface area contributed by atoms with Crippen LogP contribution in [0, 0.1) is 25.2 Å². The van der Waals surface area contributed by atoms with Gasteiger partial charge in [0.15, 0.2) is 0 Å². The van der Waals surface area contributed by atoms with E-state index >= 15 is 0 Å². The lowest BCUT2D eigenvalue weighted by Crippen LogP contribution is -2.27. The number of hydrogen-bond acceptors (Lipinski definition) is 3. The molecule has 25 heavy (non-hydrogen) atoms. The van der Waals surface area contributed by atoms with Crippen molar-refractivity contribution in [2.75, 3.05) is 20.3 Å². The highest BCUT2D eigenvalue weighted by Gasteiger charge is 2.13. The van der Waals surface area contributed by atoms with Crippen LogP contribution >= 0.6 is 11.6 Å². The molecule has 0 aliphatic rings. The van der Waals surface area contributed by atoms with Gasteiger partial charge in [-0.1, -0.05) is 17.7 Å². The van der Waals surface area contributed by atoms with Crippen molar-refractivity contribution in [1.29, 1.82) is 5.26 Å². The Hall–Kier alpha value is -2.55. The molecule has 0 saturated heterocycles. The van der Waals surface area contributed by atoms with Gasteiger partial charge in [0, 0.05) is 35.8 Å². The fourth-order valence-electron chi connectivity index (χ4n) is 2.61. The molecule has 0 aliphatic carbocycles. The fourth-order valence-corrected chi connectivity index (χ4v) is 2.80. The highest BCUT2D eigenvalue weighted by atomic mass is 35.5. The molecule has 0 saturated carbocycles. The van der Waals surface area contributed by atoms with Gasteiger partial charge in [-0.05, 0) is 49.8 Å². The van der Waals surface area contributed by atoms with E-state index in [0.717, 1.165) is 22.6 Å². The summed E-state index contributed by atoms with van der Waals surface area (Å²) in [6, 6.07) is 11.4. The molecule has 1 aromatic heterocycles. The van der Waals surface area contributed by atoms with E-state index < -0.39 is 5.91 Å². The monoisotopic (exact) mass is 357 g/mol. The Morgan fingerprint density at radius 1 is 1.40 bits per heavy atom. The Morgan fingerprint density at radius 2 is 2.16 bits per heavy atom. The van der Waals surface area contributed by atoms with Crippen molar-refractivity contribution in [3.05, 3.63) is 57.9 Å². The second kappa shape index (κ2) is 8.52. The Morgan fingerprint density at radius 3 is 2.80 bits per heavy atom. The Labute approximate surface area is 152 Å². The second-order valence-electron chi connectivity index (χ2n) is 5.56. The summed E-state index contributed by atoms with van der Waals surface area (Å²) in [5, 5.41) is 12.6. The van der Waals surface area contributed by atoms with Crippen LogP contribution in [0.5, 0.6) is 0 Å². The summed E-state index contributed by atoms with van der Waals surface area (Å²) in [4.78, 5) is 12.1. The van der Waals surface area contributed by atoms with Crippen molar-refractivity contribution in [2.24, 2.45) is 0 Å². The Bertz CT molecular complexity index is 847. The first-order valence-corrected chi connectivity index (χ1v) is 8.19. The Balaban J connectivity index is 2.35. The highest BCUT2D eigenvalue weighted by Crippen LogP contribution is 2.24. The number of aromatic nitrogens is 1. The van der Waals surface area contributed by atoms with Crippen molar-refractivity contribution >= 4 is 23.6 Å². The van der Waals surface area contributed by atoms with Crippen LogP contribution in [-0.2, 0) is 9.53 Å². The van der Waals surface area contributed by atoms with Crippen molar-refractivity contribution < 1.29 is 9.53 Å². The van der Waals surface area contributed by atoms with Crippen LogP contribution in [0.25, 0.3) is 11.8 Å². The zero-order valence-corrected chi connectivity index (χ0v) is 15.2. The van der Waals surface area contributed by atoms with Crippen LogP contribution in [-0.4, -0.2) is 30.7 Å². The number of halogens is 1.